The third-order valence-corrected chi connectivity index (χ3v) is 4.81. The van der Waals surface area contributed by atoms with E-state index in [9.17, 15) is 0 Å². The summed E-state index contributed by atoms with van der Waals surface area (Å²) in [7, 11) is 0. The molecule has 2 aromatic carbocycles. The lowest BCUT2D eigenvalue weighted by Gasteiger charge is -2.36. The zero-order valence-electron chi connectivity index (χ0n) is 12.5. The molecule has 0 spiro atoms. The van der Waals surface area contributed by atoms with Gasteiger partial charge in [0.2, 0.25) is 0 Å². The van der Waals surface area contributed by atoms with Crippen LogP contribution >= 0.6 is 11.6 Å². The average Bonchev–Trinajstić information content (AvgIpc) is 2.48. The molecule has 1 aliphatic rings. The lowest BCUT2D eigenvalue weighted by atomic mass is 9.76. The van der Waals surface area contributed by atoms with Crippen molar-refractivity contribution in [2.24, 2.45) is 0 Å². The van der Waals surface area contributed by atoms with Crippen LogP contribution in [0.15, 0.2) is 48.5 Å². The van der Waals surface area contributed by atoms with Gasteiger partial charge in [-0.1, -0.05) is 54.9 Å². The summed E-state index contributed by atoms with van der Waals surface area (Å²) in [4.78, 5) is 0. The Bertz CT molecular complexity index is 585. The molecule has 3 rings (SSSR count). The molecule has 1 aliphatic carbocycles. The van der Waals surface area contributed by atoms with E-state index in [2.05, 4.69) is 48.6 Å². The van der Waals surface area contributed by atoms with Crippen LogP contribution in [-0.2, 0) is 13.0 Å². The van der Waals surface area contributed by atoms with E-state index in [1.807, 2.05) is 12.1 Å². The van der Waals surface area contributed by atoms with Crippen molar-refractivity contribution < 1.29 is 0 Å². The van der Waals surface area contributed by atoms with E-state index in [0.717, 1.165) is 18.0 Å². The van der Waals surface area contributed by atoms with Crippen LogP contribution in [0.5, 0.6) is 0 Å². The lowest BCUT2D eigenvalue weighted by molar-refractivity contribution is 0.289. The van der Waals surface area contributed by atoms with Gasteiger partial charge in [0.1, 0.15) is 0 Å². The van der Waals surface area contributed by atoms with Crippen molar-refractivity contribution in [1.29, 1.82) is 0 Å². The highest BCUT2D eigenvalue weighted by Gasteiger charge is 2.29. The first kappa shape index (κ1) is 14.6. The number of hydrogen-bond donors (Lipinski definition) is 1. The largest absolute Gasteiger partial charge is 0.310 e. The molecule has 0 atom stereocenters. The molecule has 0 unspecified atom stereocenters. The standard InChI is InChI=1S/C19H22ClN/c1-2-14-5-3-4-6-16(14)13-21-19-11-17(12-19)15-7-9-18(20)10-8-15/h3-10,17,19,21H,2,11-13H2,1H3. The zero-order chi connectivity index (χ0) is 14.7. The van der Waals surface area contributed by atoms with Gasteiger partial charge in [-0.2, -0.15) is 0 Å². The molecule has 1 saturated carbocycles. The number of rotatable bonds is 5. The van der Waals surface area contributed by atoms with Gasteiger partial charge in [0.05, 0.1) is 0 Å². The van der Waals surface area contributed by atoms with Gasteiger partial charge in [-0.25, -0.2) is 0 Å². The minimum Gasteiger partial charge on any atom is -0.310 e. The molecule has 1 N–H and O–H groups in total. The van der Waals surface area contributed by atoms with E-state index in [0.29, 0.717) is 12.0 Å². The van der Waals surface area contributed by atoms with E-state index < -0.39 is 0 Å². The fourth-order valence-electron chi connectivity index (χ4n) is 3.12. The zero-order valence-corrected chi connectivity index (χ0v) is 13.2. The average molecular weight is 300 g/mol. The maximum absolute atomic E-state index is 5.94. The molecule has 0 bridgehead atoms. The van der Waals surface area contributed by atoms with Crippen LogP contribution < -0.4 is 5.32 Å². The summed E-state index contributed by atoms with van der Waals surface area (Å²) < 4.78 is 0. The highest BCUT2D eigenvalue weighted by Crippen LogP contribution is 2.37. The molecule has 1 nitrogen and oxygen atoms in total. The first-order valence-corrected chi connectivity index (χ1v) is 8.19. The maximum Gasteiger partial charge on any atom is 0.0406 e. The van der Waals surface area contributed by atoms with Gasteiger partial charge in [0.25, 0.3) is 0 Å². The molecule has 0 aliphatic heterocycles. The molecule has 21 heavy (non-hydrogen) atoms. The Morgan fingerprint density at radius 1 is 1.00 bits per heavy atom. The number of aryl methyl sites for hydroxylation is 1. The predicted molar refractivity (Wildman–Crippen MR) is 89.9 cm³/mol. The molecule has 0 amide bonds. The first-order chi connectivity index (χ1) is 10.3. The van der Waals surface area contributed by atoms with Gasteiger partial charge in [-0.15, -0.1) is 0 Å². The second kappa shape index (κ2) is 6.64. The van der Waals surface area contributed by atoms with Crippen molar-refractivity contribution in [3.63, 3.8) is 0 Å². The number of nitrogens with one attached hydrogen (secondary N) is 1. The lowest BCUT2D eigenvalue weighted by Crippen LogP contribution is -2.39. The van der Waals surface area contributed by atoms with Crippen molar-refractivity contribution in [3.05, 3.63) is 70.2 Å². The minimum absolute atomic E-state index is 0.649. The third kappa shape index (κ3) is 3.48. The molecule has 2 aromatic rings. The quantitative estimate of drug-likeness (QED) is 0.824. The van der Waals surface area contributed by atoms with E-state index in [4.69, 9.17) is 11.6 Å². The van der Waals surface area contributed by atoms with Crippen LogP contribution in [-0.4, -0.2) is 6.04 Å². The monoisotopic (exact) mass is 299 g/mol. The Morgan fingerprint density at radius 2 is 1.67 bits per heavy atom. The second-order valence-electron chi connectivity index (χ2n) is 5.92. The topological polar surface area (TPSA) is 12.0 Å². The molecule has 2 heteroatoms. The fourth-order valence-corrected chi connectivity index (χ4v) is 3.25. The molecule has 0 aromatic heterocycles. The van der Waals surface area contributed by atoms with Crippen molar-refractivity contribution in [2.45, 2.75) is 44.7 Å². The Labute approximate surface area is 132 Å². The Morgan fingerprint density at radius 3 is 2.33 bits per heavy atom. The van der Waals surface area contributed by atoms with Crippen LogP contribution in [0.25, 0.3) is 0 Å². The van der Waals surface area contributed by atoms with Gasteiger partial charge in [-0.3, -0.25) is 0 Å². The number of hydrogen-bond acceptors (Lipinski definition) is 1. The second-order valence-corrected chi connectivity index (χ2v) is 6.36. The van der Waals surface area contributed by atoms with Crippen LogP contribution in [0.3, 0.4) is 0 Å². The van der Waals surface area contributed by atoms with Gasteiger partial charge in [0.15, 0.2) is 0 Å². The van der Waals surface area contributed by atoms with Gasteiger partial charge < -0.3 is 5.32 Å². The summed E-state index contributed by atoms with van der Waals surface area (Å²) in [5.41, 5.74) is 4.32. The van der Waals surface area contributed by atoms with E-state index in [1.54, 1.807) is 0 Å². The number of benzene rings is 2. The smallest absolute Gasteiger partial charge is 0.0406 e. The van der Waals surface area contributed by atoms with Gasteiger partial charge in [-0.05, 0) is 54.0 Å². The maximum atomic E-state index is 5.94. The molecule has 0 heterocycles. The summed E-state index contributed by atoms with van der Waals surface area (Å²) in [6.07, 6.45) is 3.57. The van der Waals surface area contributed by atoms with Gasteiger partial charge >= 0.3 is 0 Å². The van der Waals surface area contributed by atoms with Crippen LogP contribution in [0, 0.1) is 0 Å². The molecular weight excluding hydrogens is 278 g/mol. The molecule has 0 saturated heterocycles. The van der Waals surface area contributed by atoms with Crippen LogP contribution in [0.2, 0.25) is 5.02 Å². The summed E-state index contributed by atoms with van der Waals surface area (Å²) in [5, 5.41) is 4.52. The van der Waals surface area contributed by atoms with Crippen molar-refractivity contribution >= 4 is 11.6 Å². The SMILES string of the molecule is CCc1ccccc1CNC1CC(c2ccc(Cl)cc2)C1. The molecule has 0 radical (unpaired) electrons. The van der Waals surface area contributed by atoms with Crippen molar-refractivity contribution in [3.8, 4) is 0 Å². The van der Waals surface area contributed by atoms with E-state index in [1.165, 1.54) is 29.5 Å². The number of halogens is 1. The Balaban J connectivity index is 1.50. The molecule has 110 valence electrons. The Kier molecular flexibility index (Phi) is 4.62. The normalized spacial score (nSPS) is 21.0. The third-order valence-electron chi connectivity index (χ3n) is 4.56. The first-order valence-electron chi connectivity index (χ1n) is 7.82. The Hall–Kier alpha value is -1.31. The van der Waals surface area contributed by atoms with E-state index >= 15 is 0 Å². The van der Waals surface area contributed by atoms with Crippen molar-refractivity contribution in [2.75, 3.05) is 0 Å². The van der Waals surface area contributed by atoms with Crippen LogP contribution in [0.4, 0.5) is 0 Å². The fraction of sp³-hybridized carbons (Fsp3) is 0.368. The van der Waals surface area contributed by atoms with Gasteiger partial charge in [0, 0.05) is 17.6 Å². The van der Waals surface area contributed by atoms with Crippen LogP contribution in [0.1, 0.15) is 42.4 Å². The summed E-state index contributed by atoms with van der Waals surface area (Å²) in [5.74, 6) is 0.696. The predicted octanol–water partition coefficient (Wildman–Crippen LogP) is 4.94. The highest BCUT2D eigenvalue weighted by molar-refractivity contribution is 6.30. The highest BCUT2D eigenvalue weighted by atomic mass is 35.5. The molecule has 1 fully saturated rings. The van der Waals surface area contributed by atoms with Crippen molar-refractivity contribution in [1.82, 2.24) is 5.32 Å². The minimum atomic E-state index is 0.649. The molecular formula is C19H22ClN. The summed E-state index contributed by atoms with van der Waals surface area (Å²) in [6.45, 7) is 3.21. The summed E-state index contributed by atoms with van der Waals surface area (Å²) >= 11 is 5.94. The van der Waals surface area contributed by atoms with E-state index in [-0.39, 0.29) is 0 Å². The summed E-state index contributed by atoms with van der Waals surface area (Å²) in [6, 6.07) is 17.7.